The van der Waals surface area contributed by atoms with Gasteiger partial charge in [-0.2, -0.15) is 5.10 Å². The van der Waals surface area contributed by atoms with Gasteiger partial charge in [0.25, 0.3) is 0 Å². The Bertz CT molecular complexity index is 619. The first-order chi connectivity index (χ1) is 10.6. The first kappa shape index (κ1) is 15.1. The Balaban J connectivity index is 1.58. The number of aromatic amines is 1. The Labute approximate surface area is 133 Å². The van der Waals surface area contributed by atoms with E-state index in [1.807, 2.05) is 17.9 Å². The third-order valence-corrected chi connectivity index (χ3v) is 4.56. The summed E-state index contributed by atoms with van der Waals surface area (Å²) in [5.74, 6) is 0.502. The van der Waals surface area contributed by atoms with Crippen LogP contribution in [0.5, 0.6) is 0 Å². The topological polar surface area (TPSA) is 75.0 Å². The summed E-state index contributed by atoms with van der Waals surface area (Å²) in [4.78, 5) is 14.4. The van der Waals surface area contributed by atoms with E-state index in [2.05, 4.69) is 15.4 Å². The summed E-state index contributed by atoms with van der Waals surface area (Å²) in [5.41, 5.74) is 2.69. The number of piperidine rings is 1. The maximum Gasteiger partial charge on any atom is 0.229 e. The first-order valence-corrected chi connectivity index (χ1v) is 7.90. The summed E-state index contributed by atoms with van der Waals surface area (Å²) in [6.07, 6.45) is 4.85. The molecule has 1 aliphatic heterocycles. The molecule has 0 aromatic carbocycles. The summed E-state index contributed by atoms with van der Waals surface area (Å²) in [7, 11) is 0. The lowest BCUT2D eigenvalue weighted by molar-refractivity contribution is -0.132. The van der Waals surface area contributed by atoms with Crippen molar-refractivity contribution in [3.8, 4) is 0 Å². The molecule has 6 nitrogen and oxygen atoms in total. The molecule has 2 aromatic rings. The van der Waals surface area contributed by atoms with Crippen LogP contribution in [-0.2, 0) is 11.2 Å². The van der Waals surface area contributed by atoms with Gasteiger partial charge in [0.1, 0.15) is 0 Å². The number of nitrogens with one attached hydrogen (secondary N) is 1. The maximum atomic E-state index is 12.4. The van der Waals surface area contributed by atoms with E-state index in [-0.39, 0.29) is 5.91 Å². The third-order valence-electron chi connectivity index (χ3n) is 4.26. The van der Waals surface area contributed by atoms with Gasteiger partial charge in [0, 0.05) is 42.9 Å². The van der Waals surface area contributed by atoms with Crippen LogP contribution in [0.1, 0.15) is 42.1 Å². The van der Waals surface area contributed by atoms with Gasteiger partial charge in [0.05, 0.1) is 5.69 Å². The highest BCUT2D eigenvalue weighted by molar-refractivity contribution is 6.29. The number of carbonyl (C=O) groups excluding carboxylic acids is 1. The summed E-state index contributed by atoms with van der Waals surface area (Å²) < 4.78 is 4.92. The lowest BCUT2D eigenvalue weighted by Crippen LogP contribution is -2.39. The molecular formula is C15H19ClN4O2. The van der Waals surface area contributed by atoms with Crippen LogP contribution < -0.4 is 0 Å². The van der Waals surface area contributed by atoms with Crippen molar-refractivity contribution in [2.24, 2.45) is 0 Å². The Morgan fingerprint density at radius 3 is 3.14 bits per heavy atom. The second-order valence-corrected chi connectivity index (χ2v) is 6.05. The molecule has 118 valence electrons. The van der Waals surface area contributed by atoms with Crippen molar-refractivity contribution < 1.29 is 9.32 Å². The zero-order chi connectivity index (χ0) is 15.5. The van der Waals surface area contributed by atoms with Gasteiger partial charge < -0.3 is 9.42 Å². The molecular weight excluding hydrogens is 304 g/mol. The van der Waals surface area contributed by atoms with E-state index in [9.17, 15) is 4.79 Å². The van der Waals surface area contributed by atoms with Crippen LogP contribution in [0.25, 0.3) is 0 Å². The van der Waals surface area contributed by atoms with Crippen LogP contribution in [0.3, 0.4) is 0 Å². The zero-order valence-corrected chi connectivity index (χ0v) is 13.3. The fourth-order valence-corrected chi connectivity index (χ4v) is 3.25. The minimum Gasteiger partial charge on any atom is -0.344 e. The van der Waals surface area contributed by atoms with Gasteiger partial charge >= 0.3 is 0 Å². The second kappa shape index (κ2) is 6.52. The highest BCUT2D eigenvalue weighted by Gasteiger charge is 2.25. The molecule has 1 fully saturated rings. The molecule has 22 heavy (non-hydrogen) atoms. The molecule has 0 bridgehead atoms. The number of nitrogens with zero attached hydrogens (tertiary/aromatic N) is 3. The molecule has 0 unspecified atom stereocenters. The molecule has 0 radical (unpaired) electrons. The highest BCUT2D eigenvalue weighted by Crippen LogP contribution is 2.26. The number of aromatic nitrogens is 3. The monoisotopic (exact) mass is 322 g/mol. The molecule has 1 amide bonds. The van der Waals surface area contributed by atoms with Crippen LogP contribution in [-0.4, -0.2) is 39.3 Å². The third kappa shape index (κ3) is 3.16. The van der Waals surface area contributed by atoms with Gasteiger partial charge in [0.15, 0.2) is 0 Å². The van der Waals surface area contributed by atoms with E-state index in [1.54, 1.807) is 6.20 Å². The Morgan fingerprint density at radius 1 is 1.59 bits per heavy atom. The van der Waals surface area contributed by atoms with Crippen LogP contribution in [0.2, 0.25) is 5.22 Å². The van der Waals surface area contributed by atoms with E-state index in [0.29, 0.717) is 24.0 Å². The normalized spacial score (nSPS) is 18.6. The van der Waals surface area contributed by atoms with Gasteiger partial charge in [-0.15, -0.1) is 0 Å². The van der Waals surface area contributed by atoms with Crippen molar-refractivity contribution in [3.63, 3.8) is 0 Å². The Kier molecular flexibility index (Phi) is 4.47. The number of likely N-dealkylation sites (tertiary alicyclic amines) is 1. The minimum atomic E-state index is 0.154. The molecule has 2 aromatic heterocycles. The van der Waals surface area contributed by atoms with Crippen molar-refractivity contribution in [1.29, 1.82) is 0 Å². The number of H-pyrrole nitrogens is 1. The quantitative estimate of drug-likeness (QED) is 0.939. The van der Waals surface area contributed by atoms with Gasteiger partial charge in [0.2, 0.25) is 11.1 Å². The second-order valence-electron chi connectivity index (χ2n) is 5.71. The van der Waals surface area contributed by atoms with E-state index in [1.165, 1.54) is 0 Å². The number of carbonyl (C=O) groups is 1. The van der Waals surface area contributed by atoms with Crippen LogP contribution in [0.4, 0.5) is 0 Å². The molecule has 1 atom stereocenters. The zero-order valence-electron chi connectivity index (χ0n) is 12.5. The molecule has 7 heteroatoms. The van der Waals surface area contributed by atoms with Crippen LogP contribution in [0, 0.1) is 6.92 Å². The minimum absolute atomic E-state index is 0.154. The summed E-state index contributed by atoms with van der Waals surface area (Å²) in [6.45, 7) is 3.40. The van der Waals surface area contributed by atoms with Gasteiger partial charge in [-0.3, -0.25) is 9.89 Å². The van der Waals surface area contributed by atoms with Crippen molar-refractivity contribution in [1.82, 2.24) is 20.3 Å². The molecule has 3 heterocycles. The number of hydrogen-bond donors (Lipinski definition) is 1. The number of aryl methyl sites for hydroxylation is 1. The first-order valence-electron chi connectivity index (χ1n) is 7.53. The number of amides is 1. The van der Waals surface area contributed by atoms with Crippen molar-refractivity contribution in [2.75, 3.05) is 13.1 Å². The number of rotatable bonds is 4. The number of halogens is 1. The molecule has 1 N–H and O–H groups in total. The molecule has 0 aliphatic carbocycles. The molecule has 0 saturated carbocycles. The van der Waals surface area contributed by atoms with Crippen LogP contribution >= 0.6 is 11.6 Å². The Morgan fingerprint density at radius 2 is 2.45 bits per heavy atom. The Hall–Kier alpha value is -1.82. The molecule has 1 aliphatic rings. The molecule has 3 rings (SSSR count). The largest absolute Gasteiger partial charge is 0.344 e. The summed E-state index contributed by atoms with van der Waals surface area (Å²) in [6, 6.07) is 1.99. The predicted octanol–water partition coefficient (Wildman–Crippen LogP) is 2.70. The standard InChI is InChI=1S/C15H19ClN4O2/c1-10-12(15(16)22-19-10)4-5-14(21)20-8-2-3-11(9-20)13-6-7-17-18-13/h6-7,11H,2-5,8-9H2,1H3,(H,17,18)/t11-/m0/s1. The van der Waals surface area contributed by atoms with Crippen LogP contribution in [0.15, 0.2) is 16.8 Å². The highest BCUT2D eigenvalue weighted by atomic mass is 35.5. The van der Waals surface area contributed by atoms with Crippen molar-refractivity contribution in [2.45, 2.75) is 38.5 Å². The molecule has 1 saturated heterocycles. The maximum absolute atomic E-state index is 12.4. The lowest BCUT2D eigenvalue weighted by atomic mass is 9.94. The lowest BCUT2D eigenvalue weighted by Gasteiger charge is -2.32. The van der Waals surface area contributed by atoms with Gasteiger partial charge in [-0.05, 0) is 43.9 Å². The van der Waals surface area contributed by atoms with E-state index < -0.39 is 0 Å². The van der Waals surface area contributed by atoms with E-state index >= 15 is 0 Å². The average molecular weight is 323 g/mol. The summed E-state index contributed by atoms with van der Waals surface area (Å²) in [5, 5.41) is 11.1. The smallest absolute Gasteiger partial charge is 0.229 e. The van der Waals surface area contributed by atoms with Crippen molar-refractivity contribution >= 4 is 17.5 Å². The van der Waals surface area contributed by atoms with Gasteiger partial charge in [-0.1, -0.05) is 5.16 Å². The van der Waals surface area contributed by atoms with E-state index in [0.717, 1.165) is 42.9 Å². The predicted molar refractivity (Wildman–Crippen MR) is 81.7 cm³/mol. The SMILES string of the molecule is Cc1noc(Cl)c1CCC(=O)N1CCC[C@H](c2ccn[nH]2)C1. The number of hydrogen-bond acceptors (Lipinski definition) is 4. The average Bonchev–Trinajstić information content (AvgIpc) is 3.16. The summed E-state index contributed by atoms with van der Waals surface area (Å²) >= 11 is 5.94. The van der Waals surface area contributed by atoms with Gasteiger partial charge in [-0.25, -0.2) is 0 Å². The van der Waals surface area contributed by atoms with Crippen molar-refractivity contribution in [3.05, 3.63) is 34.4 Å². The fraction of sp³-hybridized carbons (Fsp3) is 0.533. The fourth-order valence-electron chi connectivity index (χ4n) is 2.98. The molecule has 0 spiro atoms. The van der Waals surface area contributed by atoms with E-state index in [4.69, 9.17) is 16.1 Å².